The van der Waals surface area contributed by atoms with Crippen molar-refractivity contribution in [2.24, 2.45) is 0 Å². The lowest BCUT2D eigenvalue weighted by Gasteiger charge is -2.10. The second kappa shape index (κ2) is 3.05. The van der Waals surface area contributed by atoms with Crippen LogP contribution in [0, 0.1) is 0 Å². The molecular weight excluding hydrogens is 140 g/mol. The van der Waals surface area contributed by atoms with E-state index in [1.165, 1.54) is 0 Å². The summed E-state index contributed by atoms with van der Waals surface area (Å²) in [6, 6.07) is 0. The number of thiol groups is 1. The first-order chi connectivity index (χ1) is 4.29. The van der Waals surface area contributed by atoms with Crippen LogP contribution in [0.25, 0.3) is 0 Å². The maximum absolute atomic E-state index is 10.3. The molecule has 0 unspecified atom stereocenters. The Morgan fingerprint density at radius 3 is 3.00 bits per heavy atom. The van der Waals surface area contributed by atoms with E-state index in [-0.39, 0.29) is 5.24 Å². The van der Waals surface area contributed by atoms with Crippen molar-refractivity contribution in [1.29, 1.82) is 0 Å². The Morgan fingerprint density at radius 1 is 1.78 bits per heavy atom. The number of nitrogens with one attached hydrogen (secondary N) is 1. The standard InChI is InChI=1S/C4H8N2O2S/c7-4(9)5-6-1-2-8-3-6/h1-3H2,(H2,5,7,9). The molecule has 0 aromatic heterocycles. The highest BCUT2D eigenvalue weighted by Gasteiger charge is 2.11. The van der Waals surface area contributed by atoms with E-state index in [0.717, 1.165) is 6.54 Å². The van der Waals surface area contributed by atoms with E-state index in [2.05, 4.69) is 18.1 Å². The SMILES string of the molecule is O=C(S)NN1CCOC1. The van der Waals surface area contributed by atoms with E-state index in [9.17, 15) is 4.79 Å². The highest BCUT2D eigenvalue weighted by atomic mass is 32.1. The number of hydrazine groups is 1. The fourth-order valence-corrected chi connectivity index (χ4v) is 0.779. The molecule has 52 valence electrons. The lowest BCUT2D eigenvalue weighted by atomic mass is 10.7. The molecule has 0 aromatic carbocycles. The van der Waals surface area contributed by atoms with Gasteiger partial charge in [0.15, 0.2) is 0 Å². The molecule has 1 fully saturated rings. The molecule has 9 heavy (non-hydrogen) atoms. The maximum Gasteiger partial charge on any atom is 0.290 e. The maximum atomic E-state index is 10.3. The van der Waals surface area contributed by atoms with Gasteiger partial charge in [-0.05, 0) is 0 Å². The van der Waals surface area contributed by atoms with Gasteiger partial charge < -0.3 is 4.74 Å². The fraction of sp³-hybridized carbons (Fsp3) is 0.750. The zero-order valence-electron chi connectivity index (χ0n) is 4.83. The molecule has 0 atom stereocenters. The van der Waals surface area contributed by atoms with Crippen molar-refractivity contribution in [3.05, 3.63) is 0 Å². The Balaban J connectivity index is 2.19. The summed E-state index contributed by atoms with van der Waals surface area (Å²) in [7, 11) is 0. The predicted molar refractivity (Wildman–Crippen MR) is 35.0 cm³/mol. The third-order valence-electron chi connectivity index (χ3n) is 1.01. The van der Waals surface area contributed by atoms with Gasteiger partial charge in [-0.15, -0.1) is 0 Å². The summed E-state index contributed by atoms with van der Waals surface area (Å²) in [6.45, 7) is 1.88. The summed E-state index contributed by atoms with van der Waals surface area (Å²) < 4.78 is 4.94. The first-order valence-corrected chi connectivity index (χ1v) is 3.06. The molecule has 0 saturated carbocycles. The molecule has 1 rings (SSSR count). The summed E-state index contributed by atoms with van der Waals surface area (Å²) in [4.78, 5) is 10.3. The van der Waals surface area contributed by atoms with Crippen molar-refractivity contribution in [3.8, 4) is 0 Å². The second-order valence-electron chi connectivity index (χ2n) is 1.72. The number of carbonyl (C=O) groups excluding carboxylic acids is 1. The normalized spacial score (nSPS) is 20.1. The van der Waals surface area contributed by atoms with Crippen LogP contribution >= 0.6 is 12.6 Å². The Bertz CT molecular complexity index is 113. The highest BCUT2D eigenvalue weighted by Crippen LogP contribution is 1.94. The molecule has 4 nitrogen and oxygen atoms in total. The van der Waals surface area contributed by atoms with Crippen LogP contribution in [0.1, 0.15) is 0 Å². The second-order valence-corrected chi connectivity index (χ2v) is 2.12. The minimum absolute atomic E-state index is 0.347. The number of rotatable bonds is 1. The van der Waals surface area contributed by atoms with Gasteiger partial charge in [0, 0.05) is 6.54 Å². The number of ether oxygens (including phenoxy) is 1. The molecule has 1 saturated heterocycles. The molecule has 1 N–H and O–H groups in total. The molecule has 0 aromatic rings. The van der Waals surface area contributed by atoms with Gasteiger partial charge in [0.05, 0.1) is 6.61 Å². The van der Waals surface area contributed by atoms with Gasteiger partial charge >= 0.3 is 0 Å². The summed E-state index contributed by atoms with van der Waals surface area (Å²) in [5.41, 5.74) is 2.48. The summed E-state index contributed by atoms with van der Waals surface area (Å²) >= 11 is 3.53. The lowest BCUT2D eigenvalue weighted by molar-refractivity contribution is 0.119. The van der Waals surface area contributed by atoms with Crippen LogP contribution in [0.3, 0.4) is 0 Å². The van der Waals surface area contributed by atoms with E-state index in [0.29, 0.717) is 13.3 Å². The molecule has 0 aliphatic carbocycles. The van der Waals surface area contributed by atoms with Crippen LogP contribution in [-0.2, 0) is 4.74 Å². The van der Waals surface area contributed by atoms with Crippen LogP contribution in [0.15, 0.2) is 0 Å². The predicted octanol–water partition coefficient (Wildman–Crippen LogP) is -0.170. The van der Waals surface area contributed by atoms with Gasteiger partial charge in [-0.1, -0.05) is 12.6 Å². The summed E-state index contributed by atoms with van der Waals surface area (Å²) in [6.07, 6.45) is 0. The quantitative estimate of drug-likeness (QED) is 0.507. The molecule has 1 amide bonds. The number of nitrogens with zero attached hydrogens (tertiary/aromatic N) is 1. The Hall–Kier alpha value is -0.260. The van der Waals surface area contributed by atoms with E-state index in [1.54, 1.807) is 5.01 Å². The van der Waals surface area contributed by atoms with Crippen molar-refractivity contribution < 1.29 is 9.53 Å². The topological polar surface area (TPSA) is 41.6 Å². The highest BCUT2D eigenvalue weighted by molar-refractivity contribution is 7.96. The Kier molecular flexibility index (Phi) is 2.32. The zero-order valence-corrected chi connectivity index (χ0v) is 5.73. The van der Waals surface area contributed by atoms with Crippen molar-refractivity contribution in [2.45, 2.75) is 0 Å². The van der Waals surface area contributed by atoms with Crippen molar-refractivity contribution >= 4 is 17.9 Å². The first-order valence-electron chi connectivity index (χ1n) is 2.61. The van der Waals surface area contributed by atoms with Gasteiger partial charge in [-0.2, -0.15) is 5.01 Å². The van der Waals surface area contributed by atoms with Crippen LogP contribution in [0.5, 0.6) is 0 Å². The Morgan fingerprint density at radius 2 is 2.56 bits per heavy atom. The third-order valence-corrected chi connectivity index (χ3v) is 1.11. The van der Waals surface area contributed by atoms with Crippen LogP contribution in [0.4, 0.5) is 4.79 Å². The summed E-state index contributed by atoms with van der Waals surface area (Å²) in [5, 5.41) is 1.32. The molecule has 0 radical (unpaired) electrons. The van der Waals surface area contributed by atoms with Crippen LogP contribution in [0.2, 0.25) is 0 Å². The molecule has 5 heteroatoms. The number of amides is 1. The summed E-state index contributed by atoms with van der Waals surface area (Å²) in [5.74, 6) is 0. The average molecular weight is 148 g/mol. The molecule has 0 spiro atoms. The van der Waals surface area contributed by atoms with Gasteiger partial charge in [0.1, 0.15) is 6.73 Å². The van der Waals surface area contributed by atoms with Crippen LogP contribution < -0.4 is 5.43 Å². The lowest BCUT2D eigenvalue weighted by Crippen LogP contribution is -2.37. The van der Waals surface area contributed by atoms with Gasteiger partial charge in [-0.25, -0.2) is 0 Å². The van der Waals surface area contributed by atoms with E-state index in [4.69, 9.17) is 4.74 Å². The minimum atomic E-state index is -0.347. The largest absolute Gasteiger partial charge is 0.363 e. The molecule has 0 bridgehead atoms. The third kappa shape index (κ3) is 2.21. The first kappa shape index (κ1) is 6.85. The molecular formula is C4H8N2O2S. The molecule has 1 aliphatic rings. The van der Waals surface area contributed by atoms with Gasteiger partial charge in [0.25, 0.3) is 5.24 Å². The number of carbonyl (C=O) groups is 1. The number of hydrogen-bond acceptors (Lipinski definition) is 3. The van der Waals surface area contributed by atoms with Crippen molar-refractivity contribution in [1.82, 2.24) is 10.4 Å². The monoisotopic (exact) mass is 148 g/mol. The van der Waals surface area contributed by atoms with Crippen molar-refractivity contribution in [2.75, 3.05) is 19.9 Å². The van der Waals surface area contributed by atoms with Gasteiger partial charge in [0.2, 0.25) is 0 Å². The van der Waals surface area contributed by atoms with E-state index >= 15 is 0 Å². The van der Waals surface area contributed by atoms with Crippen molar-refractivity contribution in [3.63, 3.8) is 0 Å². The zero-order chi connectivity index (χ0) is 6.69. The number of hydrogen-bond donors (Lipinski definition) is 2. The van der Waals surface area contributed by atoms with E-state index in [1.807, 2.05) is 0 Å². The molecule has 1 heterocycles. The van der Waals surface area contributed by atoms with Crippen LogP contribution in [-0.4, -0.2) is 30.1 Å². The van der Waals surface area contributed by atoms with E-state index < -0.39 is 0 Å². The minimum Gasteiger partial charge on any atom is -0.363 e. The average Bonchev–Trinajstić information content (AvgIpc) is 2.15. The fourth-order valence-electron chi connectivity index (χ4n) is 0.637. The Labute approximate surface area is 58.5 Å². The molecule has 1 aliphatic heterocycles. The smallest absolute Gasteiger partial charge is 0.290 e. The van der Waals surface area contributed by atoms with Gasteiger partial charge in [-0.3, -0.25) is 10.2 Å².